The molecule has 1 aliphatic rings. The van der Waals surface area contributed by atoms with Crippen LogP contribution in [0.1, 0.15) is 19.4 Å². The Morgan fingerprint density at radius 2 is 1.81 bits per heavy atom. The van der Waals surface area contributed by atoms with Crippen molar-refractivity contribution in [1.82, 2.24) is 14.5 Å². The largest absolute Gasteiger partial charge is 0.372 e. The summed E-state index contributed by atoms with van der Waals surface area (Å²) in [6.45, 7) is 5.45. The van der Waals surface area contributed by atoms with E-state index in [2.05, 4.69) is 0 Å². The molecule has 2 heterocycles. The van der Waals surface area contributed by atoms with E-state index in [9.17, 15) is 9.59 Å². The van der Waals surface area contributed by atoms with Crippen molar-refractivity contribution in [1.29, 1.82) is 0 Å². The molecule has 0 bridgehead atoms. The van der Waals surface area contributed by atoms with Crippen molar-refractivity contribution >= 4 is 40.2 Å². The van der Waals surface area contributed by atoms with Gasteiger partial charge in [0.05, 0.1) is 35.4 Å². The highest BCUT2D eigenvalue weighted by Crippen LogP contribution is 2.21. The van der Waals surface area contributed by atoms with E-state index < -0.39 is 0 Å². The molecule has 2 aromatic carbocycles. The van der Waals surface area contributed by atoms with Crippen LogP contribution in [0.15, 0.2) is 58.5 Å². The highest BCUT2D eigenvalue weighted by Gasteiger charge is 2.26. The van der Waals surface area contributed by atoms with Gasteiger partial charge in [-0.05, 0) is 43.7 Å². The van der Waals surface area contributed by atoms with Crippen LogP contribution < -0.4 is 5.56 Å². The number of fused-ring (bicyclic) bond motifs is 1. The molecule has 1 aliphatic heterocycles. The number of nitrogens with zero attached hydrogens (tertiary/aromatic N) is 3. The SMILES string of the molecule is C[C@@H]1CN(C(=O)CSc2nc3ccccc3c(=O)n2Cc2ccc(Cl)cc2)C[C@@H](C)O1. The maximum Gasteiger partial charge on any atom is 0.262 e. The molecule has 2 atom stereocenters. The Kier molecular flexibility index (Phi) is 6.65. The van der Waals surface area contributed by atoms with Crippen LogP contribution in [0.2, 0.25) is 5.02 Å². The number of carbonyl (C=O) groups is 1. The molecule has 162 valence electrons. The standard InChI is InChI=1S/C23H24ClN3O3S/c1-15-11-26(12-16(2)30-15)21(28)14-31-23-25-20-6-4-3-5-19(20)22(29)27(23)13-17-7-9-18(24)10-8-17/h3-10,15-16H,11-14H2,1-2H3/t15-,16-/m1/s1. The number of amides is 1. The van der Waals surface area contributed by atoms with E-state index in [0.29, 0.717) is 40.7 Å². The molecule has 6 nitrogen and oxygen atoms in total. The average Bonchev–Trinajstić information content (AvgIpc) is 2.75. The molecule has 0 N–H and O–H groups in total. The number of ether oxygens (including phenoxy) is 1. The Morgan fingerprint density at radius 1 is 1.13 bits per heavy atom. The molecule has 0 spiro atoms. The Balaban J connectivity index is 1.61. The lowest BCUT2D eigenvalue weighted by Crippen LogP contribution is -2.48. The van der Waals surface area contributed by atoms with E-state index in [4.69, 9.17) is 21.3 Å². The molecule has 0 unspecified atom stereocenters. The van der Waals surface area contributed by atoms with Gasteiger partial charge in [0, 0.05) is 18.1 Å². The molecule has 8 heteroatoms. The second kappa shape index (κ2) is 9.42. The van der Waals surface area contributed by atoms with Crippen molar-refractivity contribution in [2.75, 3.05) is 18.8 Å². The molecule has 4 rings (SSSR count). The lowest BCUT2D eigenvalue weighted by atomic mass is 10.2. The Labute approximate surface area is 190 Å². The topological polar surface area (TPSA) is 64.4 Å². The second-order valence-corrected chi connectivity index (χ2v) is 9.15. The van der Waals surface area contributed by atoms with Gasteiger partial charge in [0.2, 0.25) is 5.91 Å². The van der Waals surface area contributed by atoms with E-state index in [-0.39, 0.29) is 29.4 Å². The molecule has 3 aromatic rings. The molecule has 0 aliphatic carbocycles. The maximum atomic E-state index is 13.2. The van der Waals surface area contributed by atoms with Crippen molar-refractivity contribution in [2.45, 2.75) is 37.8 Å². The quantitative estimate of drug-likeness (QED) is 0.430. The number of para-hydroxylation sites is 1. The summed E-state index contributed by atoms with van der Waals surface area (Å²) in [7, 11) is 0. The zero-order valence-electron chi connectivity index (χ0n) is 17.5. The van der Waals surface area contributed by atoms with Crippen molar-refractivity contribution < 1.29 is 9.53 Å². The van der Waals surface area contributed by atoms with E-state index in [1.807, 2.05) is 49.1 Å². The third-order valence-electron chi connectivity index (χ3n) is 5.18. The van der Waals surface area contributed by atoms with Crippen LogP contribution in [0.4, 0.5) is 0 Å². The molecule has 31 heavy (non-hydrogen) atoms. The van der Waals surface area contributed by atoms with Gasteiger partial charge in [0.25, 0.3) is 5.56 Å². The first-order chi connectivity index (χ1) is 14.9. The molecular weight excluding hydrogens is 434 g/mol. The molecule has 1 saturated heterocycles. The first-order valence-corrected chi connectivity index (χ1v) is 11.6. The average molecular weight is 458 g/mol. The second-order valence-electron chi connectivity index (χ2n) is 7.77. The number of hydrogen-bond donors (Lipinski definition) is 0. The fraction of sp³-hybridized carbons (Fsp3) is 0.348. The van der Waals surface area contributed by atoms with Crippen molar-refractivity contribution in [3.63, 3.8) is 0 Å². The van der Waals surface area contributed by atoms with Gasteiger partial charge < -0.3 is 9.64 Å². The van der Waals surface area contributed by atoms with Gasteiger partial charge in [-0.15, -0.1) is 0 Å². The number of hydrogen-bond acceptors (Lipinski definition) is 5. The maximum absolute atomic E-state index is 13.2. The van der Waals surface area contributed by atoms with Gasteiger partial charge in [0.15, 0.2) is 5.16 Å². The first kappa shape index (κ1) is 21.9. The molecule has 1 amide bonds. The van der Waals surface area contributed by atoms with E-state index in [0.717, 1.165) is 5.56 Å². The lowest BCUT2D eigenvalue weighted by Gasteiger charge is -2.35. The zero-order valence-corrected chi connectivity index (χ0v) is 19.0. The number of aromatic nitrogens is 2. The lowest BCUT2D eigenvalue weighted by molar-refractivity contribution is -0.140. The van der Waals surface area contributed by atoms with Crippen molar-refractivity contribution in [3.05, 3.63) is 69.5 Å². The first-order valence-electron chi connectivity index (χ1n) is 10.2. The summed E-state index contributed by atoms with van der Waals surface area (Å²) in [4.78, 5) is 32.6. The number of halogens is 1. The number of morpholine rings is 1. The van der Waals surface area contributed by atoms with E-state index >= 15 is 0 Å². The van der Waals surface area contributed by atoms with Gasteiger partial charge in [-0.25, -0.2) is 4.98 Å². The van der Waals surface area contributed by atoms with Crippen LogP contribution >= 0.6 is 23.4 Å². The predicted octanol–water partition coefficient (Wildman–Crippen LogP) is 3.83. The van der Waals surface area contributed by atoms with Crippen molar-refractivity contribution in [2.24, 2.45) is 0 Å². The van der Waals surface area contributed by atoms with Gasteiger partial charge >= 0.3 is 0 Å². The Bertz CT molecular complexity index is 1140. The summed E-state index contributed by atoms with van der Waals surface area (Å²) in [6, 6.07) is 14.7. The smallest absolute Gasteiger partial charge is 0.262 e. The molecular formula is C23H24ClN3O3S. The predicted molar refractivity (Wildman–Crippen MR) is 124 cm³/mol. The van der Waals surface area contributed by atoms with Gasteiger partial charge in [-0.2, -0.15) is 0 Å². The highest BCUT2D eigenvalue weighted by molar-refractivity contribution is 7.99. The minimum Gasteiger partial charge on any atom is -0.372 e. The molecule has 1 fully saturated rings. The fourth-order valence-electron chi connectivity index (χ4n) is 3.77. The Morgan fingerprint density at radius 3 is 2.52 bits per heavy atom. The van der Waals surface area contributed by atoms with Crippen LogP contribution in [0.3, 0.4) is 0 Å². The highest BCUT2D eigenvalue weighted by atomic mass is 35.5. The zero-order chi connectivity index (χ0) is 22.0. The third-order valence-corrected chi connectivity index (χ3v) is 6.39. The summed E-state index contributed by atoms with van der Waals surface area (Å²) in [5, 5.41) is 1.73. The number of rotatable bonds is 5. The van der Waals surface area contributed by atoms with Gasteiger partial charge in [-0.1, -0.05) is 47.6 Å². The summed E-state index contributed by atoms with van der Waals surface area (Å²) in [6.07, 6.45) is 0.0270. The van der Waals surface area contributed by atoms with Crippen LogP contribution in [0.5, 0.6) is 0 Å². The summed E-state index contributed by atoms with van der Waals surface area (Å²) in [5.74, 6) is 0.234. The van der Waals surface area contributed by atoms with Crippen LogP contribution in [-0.4, -0.2) is 51.4 Å². The number of thioether (sulfide) groups is 1. The van der Waals surface area contributed by atoms with Crippen LogP contribution in [-0.2, 0) is 16.1 Å². The minimum absolute atomic E-state index is 0.0135. The van der Waals surface area contributed by atoms with Crippen LogP contribution in [0.25, 0.3) is 10.9 Å². The monoisotopic (exact) mass is 457 g/mol. The molecule has 1 aromatic heterocycles. The third kappa shape index (κ3) is 5.11. The normalized spacial score (nSPS) is 19.0. The summed E-state index contributed by atoms with van der Waals surface area (Å²) in [5.41, 5.74) is 1.44. The minimum atomic E-state index is -0.121. The fourth-order valence-corrected chi connectivity index (χ4v) is 4.80. The van der Waals surface area contributed by atoms with Gasteiger partial charge in [-0.3, -0.25) is 14.2 Å². The van der Waals surface area contributed by atoms with Crippen LogP contribution in [0, 0.1) is 0 Å². The van der Waals surface area contributed by atoms with Crippen molar-refractivity contribution in [3.8, 4) is 0 Å². The molecule has 0 radical (unpaired) electrons. The Hall–Kier alpha value is -2.35. The molecule has 0 saturated carbocycles. The van der Waals surface area contributed by atoms with E-state index in [1.165, 1.54) is 11.8 Å². The van der Waals surface area contributed by atoms with Gasteiger partial charge in [0.1, 0.15) is 0 Å². The summed E-state index contributed by atoms with van der Waals surface area (Å²) >= 11 is 7.29. The number of benzene rings is 2. The van der Waals surface area contributed by atoms with E-state index in [1.54, 1.807) is 22.8 Å². The summed E-state index contributed by atoms with van der Waals surface area (Å²) < 4.78 is 7.35. The number of carbonyl (C=O) groups excluding carboxylic acids is 1.